The van der Waals surface area contributed by atoms with Crippen LogP contribution in [0.15, 0.2) is 0 Å². The van der Waals surface area contributed by atoms with E-state index < -0.39 is 0 Å². The minimum absolute atomic E-state index is 0.0114. The van der Waals surface area contributed by atoms with Crippen LogP contribution in [0.3, 0.4) is 0 Å². The van der Waals surface area contributed by atoms with Crippen molar-refractivity contribution in [1.82, 2.24) is 0 Å². The van der Waals surface area contributed by atoms with Gasteiger partial charge < -0.3 is 15.2 Å². The van der Waals surface area contributed by atoms with E-state index >= 15 is 0 Å². The highest BCUT2D eigenvalue weighted by Crippen LogP contribution is 2.33. The summed E-state index contributed by atoms with van der Waals surface area (Å²) in [6.07, 6.45) is 4.42. The Balaban J connectivity index is 1.66. The number of ether oxygens (including phenoxy) is 2. The summed E-state index contributed by atoms with van der Waals surface area (Å²) in [5, 5.41) is 0. The maximum absolute atomic E-state index is 11.5. The van der Waals surface area contributed by atoms with Gasteiger partial charge in [0.25, 0.3) is 0 Å². The molecule has 1 saturated heterocycles. The van der Waals surface area contributed by atoms with Gasteiger partial charge in [-0.15, -0.1) is 0 Å². The number of carbonyl (C=O) groups excluding carboxylic acids is 1. The number of hydrogen-bond donors (Lipinski definition) is 1. The molecule has 1 saturated carbocycles. The first-order chi connectivity index (χ1) is 7.25. The van der Waals surface area contributed by atoms with Gasteiger partial charge in [-0.1, -0.05) is 0 Å². The summed E-state index contributed by atoms with van der Waals surface area (Å²) in [5.74, 6) is 0.425. The van der Waals surface area contributed by atoms with Gasteiger partial charge in [0, 0.05) is 18.9 Å². The lowest BCUT2D eigenvalue weighted by molar-refractivity contribution is -0.153. The number of esters is 1. The van der Waals surface area contributed by atoms with Crippen LogP contribution < -0.4 is 5.73 Å². The SMILES string of the molecule is NC(CC(=O)OC1CCOCC1)C1CC1. The Bertz CT molecular complexity index is 222. The van der Waals surface area contributed by atoms with E-state index in [0.717, 1.165) is 12.8 Å². The quantitative estimate of drug-likeness (QED) is 0.703. The van der Waals surface area contributed by atoms with E-state index in [9.17, 15) is 4.79 Å². The lowest BCUT2D eigenvalue weighted by Crippen LogP contribution is -2.31. The van der Waals surface area contributed by atoms with Crippen LogP contribution in [0.4, 0.5) is 0 Å². The van der Waals surface area contributed by atoms with Gasteiger partial charge in [0.2, 0.25) is 0 Å². The second-order valence-electron chi connectivity index (χ2n) is 4.51. The van der Waals surface area contributed by atoms with E-state index in [4.69, 9.17) is 15.2 Å². The Morgan fingerprint density at radius 2 is 2.00 bits per heavy atom. The van der Waals surface area contributed by atoms with E-state index in [1.54, 1.807) is 0 Å². The zero-order valence-corrected chi connectivity index (χ0v) is 8.98. The van der Waals surface area contributed by atoms with Crippen molar-refractivity contribution in [2.75, 3.05) is 13.2 Å². The molecule has 0 radical (unpaired) electrons. The second kappa shape index (κ2) is 4.94. The highest BCUT2D eigenvalue weighted by Gasteiger charge is 2.30. The van der Waals surface area contributed by atoms with Crippen LogP contribution in [-0.2, 0) is 14.3 Å². The molecule has 2 aliphatic rings. The van der Waals surface area contributed by atoms with Gasteiger partial charge in [-0.25, -0.2) is 0 Å². The van der Waals surface area contributed by atoms with E-state index in [2.05, 4.69) is 0 Å². The van der Waals surface area contributed by atoms with Crippen molar-refractivity contribution in [1.29, 1.82) is 0 Å². The summed E-state index contributed by atoms with van der Waals surface area (Å²) >= 11 is 0. The molecule has 0 spiro atoms. The Labute approximate surface area is 90.1 Å². The molecule has 86 valence electrons. The monoisotopic (exact) mass is 213 g/mol. The van der Waals surface area contributed by atoms with Crippen LogP contribution in [0.5, 0.6) is 0 Å². The third-order valence-electron chi connectivity index (χ3n) is 3.10. The average molecular weight is 213 g/mol. The molecule has 1 aliphatic carbocycles. The van der Waals surface area contributed by atoms with Gasteiger partial charge in [0.15, 0.2) is 0 Å². The van der Waals surface area contributed by atoms with Crippen molar-refractivity contribution in [3.8, 4) is 0 Å². The molecular weight excluding hydrogens is 194 g/mol. The second-order valence-corrected chi connectivity index (χ2v) is 4.51. The molecule has 4 heteroatoms. The molecule has 1 unspecified atom stereocenters. The van der Waals surface area contributed by atoms with Crippen molar-refractivity contribution in [2.24, 2.45) is 11.7 Å². The maximum atomic E-state index is 11.5. The fourth-order valence-electron chi connectivity index (χ4n) is 1.91. The van der Waals surface area contributed by atoms with Gasteiger partial charge in [-0.3, -0.25) is 4.79 Å². The molecule has 2 rings (SSSR count). The molecular formula is C11H19NO3. The van der Waals surface area contributed by atoms with Crippen molar-refractivity contribution in [2.45, 2.75) is 44.2 Å². The Morgan fingerprint density at radius 1 is 1.33 bits per heavy atom. The van der Waals surface area contributed by atoms with Gasteiger partial charge in [-0.2, -0.15) is 0 Å². The van der Waals surface area contributed by atoms with Crippen molar-refractivity contribution < 1.29 is 14.3 Å². The summed E-state index contributed by atoms with van der Waals surface area (Å²) in [5.41, 5.74) is 5.86. The lowest BCUT2D eigenvalue weighted by atomic mass is 10.1. The third-order valence-corrected chi connectivity index (χ3v) is 3.10. The van der Waals surface area contributed by atoms with E-state index in [-0.39, 0.29) is 18.1 Å². The topological polar surface area (TPSA) is 61.6 Å². The average Bonchev–Trinajstić information content (AvgIpc) is 3.01. The van der Waals surface area contributed by atoms with Crippen molar-refractivity contribution >= 4 is 5.97 Å². The molecule has 2 fully saturated rings. The minimum Gasteiger partial charge on any atom is -0.462 e. The molecule has 0 aromatic heterocycles. The minimum atomic E-state index is -0.138. The summed E-state index contributed by atoms with van der Waals surface area (Å²) < 4.78 is 10.5. The van der Waals surface area contributed by atoms with E-state index in [1.165, 1.54) is 12.8 Å². The molecule has 0 aromatic carbocycles. The molecule has 0 bridgehead atoms. The zero-order chi connectivity index (χ0) is 10.7. The Morgan fingerprint density at radius 3 is 2.60 bits per heavy atom. The van der Waals surface area contributed by atoms with Crippen molar-refractivity contribution in [3.63, 3.8) is 0 Å². The Kier molecular flexibility index (Phi) is 3.59. The first-order valence-corrected chi connectivity index (χ1v) is 5.78. The molecule has 2 N–H and O–H groups in total. The standard InChI is InChI=1S/C11H19NO3/c12-10(8-1-2-8)7-11(13)15-9-3-5-14-6-4-9/h8-10H,1-7,12H2. The first kappa shape index (κ1) is 10.9. The fourth-order valence-corrected chi connectivity index (χ4v) is 1.91. The summed E-state index contributed by atoms with van der Waals surface area (Å²) in [6.45, 7) is 1.40. The molecule has 4 nitrogen and oxygen atoms in total. The summed E-state index contributed by atoms with van der Waals surface area (Å²) in [7, 11) is 0. The number of carbonyl (C=O) groups is 1. The van der Waals surface area contributed by atoms with E-state index in [1.807, 2.05) is 0 Å². The Hall–Kier alpha value is -0.610. The normalized spacial score (nSPS) is 24.9. The van der Waals surface area contributed by atoms with Crippen LogP contribution >= 0.6 is 0 Å². The lowest BCUT2D eigenvalue weighted by Gasteiger charge is -2.22. The molecule has 1 heterocycles. The zero-order valence-electron chi connectivity index (χ0n) is 8.98. The van der Waals surface area contributed by atoms with Crippen molar-refractivity contribution in [3.05, 3.63) is 0 Å². The third kappa shape index (κ3) is 3.47. The van der Waals surface area contributed by atoms with Crippen LogP contribution in [0.1, 0.15) is 32.1 Å². The summed E-state index contributed by atoms with van der Waals surface area (Å²) in [4.78, 5) is 11.5. The number of hydrogen-bond acceptors (Lipinski definition) is 4. The molecule has 0 amide bonds. The highest BCUT2D eigenvalue weighted by molar-refractivity contribution is 5.70. The van der Waals surface area contributed by atoms with Crippen LogP contribution in [0.25, 0.3) is 0 Å². The smallest absolute Gasteiger partial charge is 0.307 e. The molecule has 15 heavy (non-hydrogen) atoms. The van der Waals surface area contributed by atoms with E-state index in [0.29, 0.717) is 25.6 Å². The number of rotatable bonds is 4. The van der Waals surface area contributed by atoms with Crippen LogP contribution in [0, 0.1) is 5.92 Å². The predicted octanol–water partition coefficient (Wildman–Crippen LogP) is 0.836. The summed E-state index contributed by atoms with van der Waals surface area (Å²) in [6, 6.07) is 0.0114. The van der Waals surface area contributed by atoms with Gasteiger partial charge >= 0.3 is 5.97 Å². The predicted molar refractivity (Wildman–Crippen MR) is 55.2 cm³/mol. The van der Waals surface area contributed by atoms with Crippen LogP contribution in [0.2, 0.25) is 0 Å². The molecule has 0 aromatic rings. The van der Waals surface area contributed by atoms with Gasteiger partial charge in [0.05, 0.1) is 19.6 Å². The van der Waals surface area contributed by atoms with Crippen LogP contribution in [-0.4, -0.2) is 31.3 Å². The largest absolute Gasteiger partial charge is 0.462 e. The maximum Gasteiger partial charge on any atom is 0.307 e. The molecule has 1 atom stereocenters. The molecule has 1 aliphatic heterocycles. The van der Waals surface area contributed by atoms with Gasteiger partial charge in [-0.05, 0) is 18.8 Å². The fraction of sp³-hybridized carbons (Fsp3) is 0.909. The van der Waals surface area contributed by atoms with Gasteiger partial charge in [0.1, 0.15) is 6.10 Å². The first-order valence-electron chi connectivity index (χ1n) is 5.78. The highest BCUT2D eigenvalue weighted by atomic mass is 16.6. The number of nitrogens with two attached hydrogens (primary N) is 1.